The van der Waals surface area contributed by atoms with Gasteiger partial charge in [0, 0.05) is 12.1 Å². The van der Waals surface area contributed by atoms with E-state index in [2.05, 4.69) is 5.32 Å². The lowest BCUT2D eigenvalue weighted by atomic mass is 9.99. The van der Waals surface area contributed by atoms with Gasteiger partial charge in [0.25, 0.3) is 5.69 Å². The Hall–Kier alpha value is -2.13. The van der Waals surface area contributed by atoms with E-state index in [1.165, 1.54) is 18.2 Å². The highest BCUT2D eigenvalue weighted by Gasteiger charge is 2.16. The molecule has 1 aliphatic rings. The Bertz CT molecular complexity index is 504. The summed E-state index contributed by atoms with van der Waals surface area (Å²) in [7, 11) is 0. The molecule has 6 nitrogen and oxygen atoms in total. The first-order valence-electron chi connectivity index (χ1n) is 6.23. The van der Waals surface area contributed by atoms with Crippen LogP contribution in [0.2, 0.25) is 0 Å². The first-order chi connectivity index (χ1) is 9.20. The quantitative estimate of drug-likeness (QED) is 0.660. The average molecular weight is 261 g/mol. The van der Waals surface area contributed by atoms with Crippen LogP contribution in [0, 0.1) is 27.4 Å². The van der Waals surface area contributed by atoms with E-state index >= 15 is 0 Å². The van der Waals surface area contributed by atoms with Gasteiger partial charge in [0.1, 0.15) is 17.4 Å². The molecule has 2 rings (SSSR count). The second-order valence-electron chi connectivity index (χ2n) is 4.55. The number of hydrogen-bond donors (Lipinski definition) is 1. The fourth-order valence-corrected chi connectivity index (χ4v) is 2.10. The summed E-state index contributed by atoms with van der Waals surface area (Å²) >= 11 is 0. The first-order valence-corrected chi connectivity index (χ1v) is 6.23. The van der Waals surface area contributed by atoms with Gasteiger partial charge in [0.2, 0.25) is 0 Å². The summed E-state index contributed by atoms with van der Waals surface area (Å²) in [6.07, 6.45) is 2.10. The van der Waals surface area contributed by atoms with E-state index in [9.17, 15) is 10.1 Å². The number of hydrogen-bond acceptors (Lipinski definition) is 5. The molecule has 6 heteroatoms. The topological polar surface area (TPSA) is 88.2 Å². The second-order valence-corrected chi connectivity index (χ2v) is 4.55. The minimum absolute atomic E-state index is 0.0919. The Balaban J connectivity index is 2.03. The number of nitrogens with one attached hydrogen (secondary N) is 1. The highest BCUT2D eigenvalue weighted by atomic mass is 16.6. The summed E-state index contributed by atoms with van der Waals surface area (Å²) in [5, 5.41) is 22.9. The summed E-state index contributed by atoms with van der Waals surface area (Å²) in [5.41, 5.74) is 0.119. The molecule has 1 aromatic carbocycles. The Morgan fingerprint density at radius 1 is 1.47 bits per heavy atom. The Kier molecular flexibility index (Phi) is 4.31. The van der Waals surface area contributed by atoms with E-state index in [-0.39, 0.29) is 11.3 Å². The standard InChI is InChI=1S/C13H15N3O3/c14-8-11-7-12(16(17)18)1-2-13(11)19-9-10-3-5-15-6-4-10/h1-2,7,10,15H,3-6,9H2. The van der Waals surface area contributed by atoms with E-state index < -0.39 is 4.92 Å². The van der Waals surface area contributed by atoms with Crippen molar-refractivity contribution < 1.29 is 9.66 Å². The van der Waals surface area contributed by atoms with Crippen LogP contribution in [0.5, 0.6) is 5.75 Å². The predicted octanol–water partition coefficient (Wildman–Crippen LogP) is 1.84. The number of rotatable bonds is 4. The second kappa shape index (κ2) is 6.16. The van der Waals surface area contributed by atoms with E-state index in [0.29, 0.717) is 18.3 Å². The van der Waals surface area contributed by atoms with Crippen LogP contribution in [0.1, 0.15) is 18.4 Å². The van der Waals surface area contributed by atoms with Gasteiger partial charge in [0.05, 0.1) is 11.5 Å². The van der Waals surface area contributed by atoms with Crippen molar-refractivity contribution in [3.63, 3.8) is 0 Å². The Labute approximate surface area is 111 Å². The lowest BCUT2D eigenvalue weighted by Gasteiger charge is -2.22. The van der Waals surface area contributed by atoms with Crippen molar-refractivity contribution in [3.8, 4) is 11.8 Å². The molecule has 0 amide bonds. The van der Waals surface area contributed by atoms with Crippen LogP contribution < -0.4 is 10.1 Å². The predicted molar refractivity (Wildman–Crippen MR) is 68.9 cm³/mol. The lowest BCUT2D eigenvalue weighted by molar-refractivity contribution is -0.384. The van der Waals surface area contributed by atoms with Crippen molar-refractivity contribution in [2.45, 2.75) is 12.8 Å². The van der Waals surface area contributed by atoms with Crippen LogP contribution in [0.25, 0.3) is 0 Å². The number of nitriles is 1. The zero-order chi connectivity index (χ0) is 13.7. The van der Waals surface area contributed by atoms with Gasteiger partial charge in [0.15, 0.2) is 0 Å². The molecule has 0 spiro atoms. The van der Waals surface area contributed by atoms with E-state index in [1.54, 1.807) is 0 Å². The number of benzene rings is 1. The van der Waals surface area contributed by atoms with E-state index in [0.717, 1.165) is 25.9 Å². The maximum Gasteiger partial charge on any atom is 0.271 e. The molecule has 1 saturated heterocycles. The third kappa shape index (κ3) is 3.42. The zero-order valence-corrected chi connectivity index (χ0v) is 10.5. The minimum atomic E-state index is -0.516. The molecule has 0 radical (unpaired) electrons. The van der Waals surface area contributed by atoms with Crippen LogP contribution in [0.4, 0.5) is 5.69 Å². The number of nitrogens with zero attached hydrogens (tertiary/aromatic N) is 2. The summed E-state index contributed by atoms with van der Waals surface area (Å²) in [6.45, 7) is 2.52. The van der Waals surface area contributed by atoms with Gasteiger partial charge < -0.3 is 10.1 Å². The van der Waals surface area contributed by atoms with Crippen molar-refractivity contribution in [1.29, 1.82) is 5.26 Å². The molecule has 0 aliphatic carbocycles. The average Bonchev–Trinajstić information content (AvgIpc) is 2.45. The van der Waals surface area contributed by atoms with Crippen LogP contribution in [-0.4, -0.2) is 24.6 Å². The van der Waals surface area contributed by atoms with Crippen LogP contribution in [-0.2, 0) is 0 Å². The van der Waals surface area contributed by atoms with E-state index in [4.69, 9.17) is 10.00 Å². The Morgan fingerprint density at radius 2 is 2.21 bits per heavy atom. The molecule has 1 heterocycles. The molecule has 19 heavy (non-hydrogen) atoms. The molecule has 1 aromatic rings. The van der Waals surface area contributed by atoms with Gasteiger partial charge in [-0.3, -0.25) is 10.1 Å². The first kappa shape index (κ1) is 13.3. The fraction of sp³-hybridized carbons (Fsp3) is 0.462. The normalized spacial score (nSPS) is 15.7. The zero-order valence-electron chi connectivity index (χ0n) is 10.5. The van der Waals surface area contributed by atoms with Crippen molar-refractivity contribution in [2.24, 2.45) is 5.92 Å². The third-order valence-corrected chi connectivity index (χ3v) is 3.23. The van der Waals surface area contributed by atoms with Gasteiger partial charge in [-0.2, -0.15) is 5.26 Å². The maximum atomic E-state index is 10.6. The van der Waals surface area contributed by atoms with Gasteiger partial charge in [-0.25, -0.2) is 0 Å². The van der Waals surface area contributed by atoms with Crippen LogP contribution in [0.15, 0.2) is 18.2 Å². The van der Waals surface area contributed by atoms with Crippen LogP contribution in [0.3, 0.4) is 0 Å². The van der Waals surface area contributed by atoms with E-state index in [1.807, 2.05) is 6.07 Å². The van der Waals surface area contributed by atoms with Crippen molar-refractivity contribution in [3.05, 3.63) is 33.9 Å². The fourth-order valence-electron chi connectivity index (χ4n) is 2.10. The number of non-ortho nitro benzene ring substituents is 1. The molecule has 0 bridgehead atoms. The van der Waals surface area contributed by atoms with Gasteiger partial charge in [-0.1, -0.05) is 0 Å². The molecule has 1 fully saturated rings. The van der Waals surface area contributed by atoms with Crippen LogP contribution >= 0.6 is 0 Å². The highest BCUT2D eigenvalue weighted by Crippen LogP contribution is 2.24. The number of nitro benzene ring substituents is 1. The Morgan fingerprint density at radius 3 is 2.84 bits per heavy atom. The summed E-state index contributed by atoms with van der Waals surface area (Å²) in [6, 6.07) is 6.04. The third-order valence-electron chi connectivity index (χ3n) is 3.23. The van der Waals surface area contributed by atoms with Gasteiger partial charge in [-0.15, -0.1) is 0 Å². The molecule has 0 aromatic heterocycles. The molecule has 100 valence electrons. The highest BCUT2D eigenvalue weighted by molar-refractivity contribution is 5.50. The summed E-state index contributed by atoms with van der Waals surface area (Å²) < 4.78 is 5.63. The molecular formula is C13H15N3O3. The number of piperidine rings is 1. The number of ether oxygens (including phenoxy) is 1. The maximum absolute atomic E-state index is 10.6. The molecule has 1 N–H and O–H groups in total. The summed E-state index contributed by atoms with van der Waals surface area (Å²) in [4.78, 5) is 10.1. The molecule has 0 unspecified atom stereocenters. The SMILES string of the molecule is N#Cc1cc([N+](=O)[O-])ccc1OCC1CCNCC1. The van der Waals surface area contributed by atoms with Gasteiger partial charge >= 0.3 is 0 Å². The molecular weight excluding hydrogens is 246 g/mol. The van der Waals surface area contributed by atoms with Crippen molar-refractivity contribution >= 4 is 5.69 Å². The minimum Gasteiger partial charge on any atom is -0.492 e. The molecule has 1 aliphatic heterocycles. The van der Waals surface area contributed by atoms with Crippen molar-refractivity contribution in [2.75, 3.05) is 19.7 Å². The number of nitro groups is 1. The summed E-state index contributed by atoms with van der Waals surface area (Å²) in [5.74, 6) is 0.898. The van der Waals surface area contributed by atoms with Gasteiger partial charge in [-0.05, 0) is 37.9 Å². The monoisotopic (exact) mass is 261 g/mol. The molecule has 0 saturated carbocycles. The lowest BCUT2D eigenvalue weighted by Crippen LogP contribution is -2.30. The molecule has 0 atom stereocenters. The smallest absolute Gasteiger partial charge is 0.271 e. The van der Waals surface area contributed by atoms with Crippen molar-refractivity contribution in [1.82, 2.24) is 5.32 Å². The largest absolute Gasteiger partial charge is 0.492 e.